The number of carbonyl (C=O) groups excluding carboxylic acids is 1. The number of nitrogens with two attached hydrogens (primary N) is 2. The SMILES string of the molecule is NCC(=O)c1ccc2[nH]c3c(c2c1)CC(N)CC3.O=C(O)C(=O)O. The van der Waals surface area contributed by atoms with Crippen LogP contribution in [0.5, 0.6) is 0 Å². The Morgan fingerprint density at radius 3 is 2.46 bits per heavy atom. The lowest BCUT2D eigenvalue weighted by atomic mass is 9.91. The summed E-state index contributed by atoms with van der Waals surface area (Å²) < 4.78 is 0. The van der Waals surface area contributed by atoms with Crippen LogP contribution in [0, 0.1) is 0 Å². The highest BCUT2D eigenvalue weighted by atomic mass is 16.4. The largest absolute Gasteiger partial charge is 0.473 e. The molecule has 0 spiro atoms. The molecule has 8 heteroatoms. The lowest BCUT2D eigenvalue weighted by molar-refractivity contribution is -0.159. The zero-order chi connectivity index (χ0) is 17.9. The highest BCUT2D eigenvalue weighted by Crippen LogP contribution is 2.29. The van der Waals surface area contributed by atoms with Gasteiger partial charge in [-0.25, -0.2) is 9.59 Å². The van der Waals surface area contributed by atoms with Crippen molar-refractivity contribution < 1.29 is 24.6 Å². The van der Waals surface area contributed by atoms with Crippen molar-refractivity contribution in [2.24, 2.45) is 11.5 Å². The zero-order valence-electron chi connectivity index (χ0n) is 12.9. The van der Waals surface area contributed by atoms with E-state index in [1.165, 1.54) is 11.3 Å². The van der Waals surface area contributed by atoms with E-state index in [0.717, 1.165) is 30.2 Å². The van der Waals surface area contributed by atoms with Crippen LogP contribution in [0.15, 0.2) is 18.2 Å². The van der Waals surface area contributed by atoms with E-state index in [1.807, 2.05) is 18.2 Å². The van der Waals surface area contributed by atoms with Crippen LogP contribution in [0.2, 0.25) is 0 Å². The van der Waals surface area contributed by atoms with Crippen LogP contribution in [-0.2, 0) is 22.4 Å². The van der Waals surface area contributed by atoms with Gasteiger partial charge in [-0.1, -0.05) is 0 Å². The molecule has 1 atom stereocenters. The average Bonchev–Trinajstić information content (AvgIpc) is 2.91. The summed E-state index contributed by atoms with van der Waals surface area (Å²) in [5.41, 5.74) is 15.7. The molecule has 128 valence electrons. The van der Waals surface area contributed by atoms with Crippen LogP contribution in [0.3, 0.4) is 0 Å². The Kier molecular flexibility index (Phi) is 5.32. The minimum Gasteiger partial charge on any atom is -0.473 e. The summed E-state index contributed by atoms with van der Waals surface area (Å²) in [6.07, 6.45) is 2.90. The van der Waals surface area contributed by atoms with Gasteiger partial charge in [0.05, 0.1) is 6.54 Å². The number of carboxylic acids is 2. The summed E-state index contributed by atoms with van der Waals surface area (Å²) in [4.78, 5) is 33.3. The van der Waals surface area contributed by atoms with Crippen LogP contribution in [-0.4, -0.2) is 45.5 Å². The summed E-state index contributed by atoms with van der Waals surface area (Å²) in [6, 6.07) is 5.96. The Morgan fingerprint density at radius 2 is 1.88 bits per heavy atom. The van der Waals surface area contributed by atoms with E-state index in [2.05, 4.69) is 4.98 Å². The number of benzene rings is 1. The average molecular weight is 333 g/mol. The van der Waals surface area contributed by atoms with Crippen molar-refractivity contribution in [3.8, 4) is 0 Å². The minimum atomic E-state index is -1.82. The fourth-order valence-electron chi connectivity index (χ4n) is 2.74. The number of hydrogen-bond donors (Lipinski definition) is 5. The Labute approximate surface area is 137 Å². The van der Waals surface area contributed by atoms with Crippen molar-refractivity contribution >= 4 is 28.6 Å². The van der Waals surface area contributed by atoms with E-state index in [1.54, 1.807) is 0 Å². The van der Waals surface area contributed by atoms with E-state index in [0.29, 0.717) is 5.56 Å². The van der Waals surface area contributed by atoms with Crippen molar-refractivity contribution in [2.75, 3.05) is 6.54 Å². The lowest BCUT2D eigenvalue weighted by Crippen LogP contribution is -2.27. The number of aliphatic carboxylic acids is 2. The van der Waals surface area contributed by atoms with Crippen molar-refractivity contribution in [3.63, 3.8) is 0 Å². The second-order valence-corrected chi connectivity index (χ2v) is 5.58. The molecular weight excluding hydrogens is 314 g/mol. The first-order valence-corrected chi connectivity index (χ1v) is 7.42. The summed E-state index contributed by atoms with van der Waals surface area (Å²) in [7, 11) is 0. The van der Waals surface area contributed by atoms with E-state index in [9.17, 15) is 4.79 Å². The van der Waals surface area contributed by atoms with Crippen molar-refractivity contribution in [1.29, 1.82) is 0 Å². The van der Waals surface area contributed by atoms with E-state index >= 15 is 0 Å². The van der Waals surface area contributed by atoms with Gasteiger partial charge in [0.15, 0.2) is 5.78 Å². The standard InChI is InChI=1S/C14H17N3O.C2H2O4/c15-7-14(18)8-1-3-12-10(5-8)11-6-9(16)2-4-13(11)17-12;3-1(4)2(5)6/h1,3,5,9,17H,2,4,6-7,15-16H2;(H,3,4)(H,5,6). The van der Waals surface area contributed by atoms with Crippen molar-refractivity contribution in [2.45, 2.75) is 25.3 Å². The number of aromatic amines is 1. The topological polar surface area (TPSA) is 160 Å². The van der Waals surface area contributed by atoms with E-state index in [4.69, 9.17) is 31.3 Å². The number of rotatable bonds is 2. The van der Waals surface area contributed by atoms with E-state index < -0.39 is 11.9 Å². The van der Waals surface area contributed by atoms with Crippen LogP contribution in [0.25, 0.3) is 10.9 Å². The van der Waals surface area contributed by atoms with Gasteiger partial charge in [0.1, 0.15) is 0 Å². The van der Waals surface area contributed by atoms with Crippen LogP contribution >= 0.6 is 0 Å². The molecule has 1 aromatic heterocycles. The predicted octanol–water partition coefficient (Wildman–Crippen LogP) is 0.281. The van der Waals surface area contributed by atoms with Gasteiger partial charge in [0, 0.05) is 28.2 Å². The molecule has 0 saturated carbocycles. The number of nitrogens with one attached hydrogen (secondary N) is 1. The molecule has 0 aliphatic heterocycles. The summed E-state index contributed by atoms with van der Waals surface area (Å²) in [6.45, 7) is 0.0532. The molecule has 1 aromatic carbocycles. The third kappa shape index (κ3) is 3.79. The number of Topliss-reactive ketones (excluding diaryl/α,β-unsaturated/α-hetero) is 1. The summed E-state index contributed by atoms with van der Waals surface area (Å²) in [5, 5.41) is 15.9. The maximum Gasteiger partial charge on any atom is 0.414 e. The fraction of sp³-hybridized carbons (Fsp3) is 0.312. The quantitative estimate of drug-likeness (QED) is 0.390. The molecule has 2 aromatic rings. The van der Waals surface area contributed by atoms with Crippen LogP contribution < -0.4 is 11.5 Å². The number of carboxylic acid groups (broad SMARTS) is 2. The fourth-order valence-corrected chi connectivity index (χ4v) is 2.74. The molecule has 8 nitrogen and oxygen atoms in total. The number of carbonyl (C=O) groups is 3. The number of ketones is 1. The monoisotopic (exact) mass is 333 g/mol. The van der Waals surface area contributed by atoms with Gasteiger partial charge >= 0.3 is 11.9 Å². The van der Waals surface area contributed by atoms with Gasteiger partial charge in [0.25, 0.3) is 0 Å². The molecule has 0 fully saturated rings. The molecule has 1 unspecified atom stereocenters. The first kappa shape index (κ1) is 17.6. The highest BCUT2D eigenvalue weighted by Gasteiger charge is 2.20. The molecule has 1 aliphatic rings. The molecule has 0 saturated heterocycles. The maximum absolute atomic E-state index is 11.7. The normalized spacial score (nSPS) is 16.0. The number of hydrogen-bond acceptors (Lipinski definition) is 5. The molecule has 1 heterocycles. The third-order valence-electron chi connectivity index (χ3n) is 3.92. The van der Waals surface area contributed by atoms with Gasteiger partial charge in [0.2, 0.25) is 0 Å². The Hall–Kier alpha value is -2.71. The second kappa shape index (κ2) is 7.24. The molecule has 7 N–H and O–H groups in total. The first-order valence-electron chi connectivity index (χ1n) is 7.42. The van der Waals surface area contributed by atoms with Gasteiger partial charge in [-0.05, 0) is 43.0 Å². The lowest BCUT2D eigenvalue weighted by Gasteiger charge is -2.18. The van der Waals surface area contributed by atoms with Crippen molar-refractivity contribution in [1.82, 2.24) is 4.98 Å². The number of fused-ring (bicyclic) bond motifs is 3. The molecule has 24 heavy (non-hydrogen) atoms. The minimum absolute atomic E-state index is 0.0213. The Balaban J connectivity index is 0.000000301. The number of aryl methyl sites for hydroxylation is 1. The van der Waals surface area contributed by atoms with E-state index in [-0.39, 0.29) is 18.4 Å². The molecule has 0 amide bonds. The maximum atomic E-state index is 11.7. The van der Waals surface area contributed by atoms with Crippen molar-refractivity contribution in [3.05, 3.63) is 35.0 Å². The first-order chi connectivity index (χ1) is 11.3. The molecule has 1 aliphatic carbocycles. The Morgan fingerprint density at radius 1 is 1.21 bits per heavy atom. The second-order valence-electron chi connectivity index (χ2n) is 5.58. The molecule has 3 rings (SSSR count). The Bertz CT molecular complexity index is 784. The smallest absolute Gasteiger partial charge is 0.414 e. The summed E-state index contributed by atoms with van der Waals surface area (Å²) >= 11 is 0. The third-order valence-corrected chi connectivity index (χ3v) is 3.92. The highest BCUT2D eigenvalue weighted by molar-refractivity contribution is 6.27. The zero-order valence-corrected chi connectivity index (χ0v) is 12.9. The van der Waals surface area contributed by atoms with Gasteiger partial charge < -0.3 is 26.7 Å². The van der Waals surface area contributed by atoms with Gasteiger partial charge in [-0.15, -0.1) is 0 Å². The number of H-pyrrole nitrogens is 1. The summed E-state index contributed by atoms with van der Waals surface area (Å²) in [5.74, 6) is -3.67. The van der Waals surface area contributed by atoms with Gasteiger partial charge in [-0.3, -0.25) is 4.79 Å². The molecular formula is C16H19N3O5. The molecule has 0 bridgehead atoms. The number of aromatic nitrogens is 1. The van der Waals surface area contributed by atoms with Gasteiger partial charge in [-0.2, -0.15) is 0 Å². The molecule has 0 radical (unpaired) electrons. The predicted molar refractivity (Wildman–Crippen MR) is 87.0 cm³/mol. The van der Waals surface area contributed by atoms with Crippen LogP contribution in [0.1, 0.15) is 28.0 Å². The van der Waals surface area contributed by atoms with Crippen LogP contribution in [0.4, 0.5) is 0 Å².